The maximum atomic E-state index is 6.39. The molecule has 1 nitrogen and oxygen atoms in total. The van der Waals surface area contributed by atoms with Crippen molar-refractivity contribution in [2.24, 2.45) is 5.73 Å². The molecule has 0 amide bonds. The van der Waals surface area contributed by atoms with Gasteiger partial charge in [-0.15, -0.1) is 0 Å². The Morgan fingerprint density at radius 3 is 2.74 bits per heavy atom. The molecule has 0 saturated heterocycles. The van der Waals surface area contributed by atoms with Crippen LogP contribution in [0.5, 0.6) is 0 Å². The lowest BCUT2D eigenvalue weighted by Crippen LogP contribution is -2.13. The predicted octanol–water partition coefficient (Wildman–Crippen LogP) is 4.95. The fourth-order valence-corrected chi connectivity index (χ4v) is 3.01. The highest BCUT2D eigenvalue weighted by Gasteiger charge is 2.13. The summed E-state index contributed by atoms with van der Waals surface area (Å²) in [7, 11) is 0. The van der Waals surface area contributed by atoms with Crippen LogP contribution in [0.3, 0.4) is 0 Å². The first kappa shape index (κ1) is 14.8. The molecule has 3 heteroatoms. The van der Waals surface area contributed by atoms with Crippen LogP contribution in [0.15, 0.2) is 42.5 Å². The van der Waals surface area contributed by atoms with E-state index in [1.165, 1.54) is 5.56 Å². The van der Waals surface area contributed by atoms with Crippen LogP contribution in [0.2, 0.25) is 5.02 Å². The van der Waals surface area contributed by atoms with E-state index in [1.54, 1.807) is 0 Å². The Bertz CT molecular complexity index is 568. The zero-order chi connectivity index (χ0) is 13.8. The molecule has 2 rings (SSSR count). The average molecular weight is 386 g/mol. The van der Waals surface area contributed by atoms with Gasteiger partial charge < -0.3 is 5.73 Å². The van der Waals surface area contributed by atoms with Gasteiger partial charge in [-0.05, 0) is 63.9 Å². The lowest BCUT2D eigenvalue weighted by molar-refractivity contribution is 0.853. The van der Waals surface area contributed by atoms with E-state index in [0.717, 1.165) is 32.6 Å². The number of aryl methyl sites for hydroxylation is 1. The van der Waals surface area contributed by atoms with Gasteiger partial charge in [-0.3, -0.25) is 0 Å². The molecule has 0 bridgehead atoms. The van der Waals surface area contributed by atoms with Crippen molar-refractivity contribution >= 4 is 34.2 Å². The van der Waals surface area contributed by atoms with Gasteiger partial charge in [0, 0.05) is 8.59 Å². The Morgan fingerprint density at radius 2 is 2.00 bits per heavy atom. The third-order valence-corrected chi connectivity index (χ3v) is 4.36. The summed E-state index contributed by atoms with van der Waals surface area (Å²) in [5.41, 5.74) is 9.96. The van der Waals surface area contributed by atoms with E-state index in [0.29, 0.717) is 0 Å². The highest BCUT2D eigenvalue weighted by molar-refractivity contribution is 14.1. The van der Waals surface area contributed by atoms with Crippen molar-refractivity contribution < 1.29 is 0 Å². The molecule has 2 N–H and O–H groups in total. The first-order valence-corrected chi connectivity index (χ1v) is 7.87. The quantitative estimate of drug-likeness (QED) is 0.741. The summed E-state index contributed by atoms with van der Waals surface area (Å²) in [6.45, 7) is 2.19. The van der Waals surface area contributed by atoms with Crippen molar-refractivity contribution in [2.75, 3.05) is 0 Å². The maximum Gasteiger partial charge on any atom is 0.0562 e. The Morgan fingerprint density at radius 1 is 1.21 bits per heavy atom. The highest BCUT2D eigenvalue weighted by Crippen LogP contribution is 2.27. The molecule has 0 aromatic heterocycles. The van der Waals surface area contributed by atoms with Gasteiger partial charge in [0.15, 0.2) is 0 Å². The van der Waals surface area contributed by atoms with Gasteiger partial charge in [-0.25, -0.2) is 0 Å². The second-order valence-electron chi connectivity index (χ2n) is 4.64. The summed E-state index contributed by atoms with van der Waals surface area (Å²) in [5.74, 6) is 0. The lowest BCUT2D eigenvalue weighted by atomic mass is 9.97. The Balaban J connectivity index is 2.35. The van der Waals surface area contributed by atoms with Crippen LogP contribution >= 0.6 is 34.2 Å². The molecular formula is C16H17ClIN. The topological polar surface area (TPSA) is 26.0 Å². The number of hydrogen-bond donors (Lipinski definition) is 1. The minimum absolute atomic E-state index is 0.123. The van der Waals surface area contributed by atoms with Gasteiger partial charge in [-0.1, -0.05) is 49.2 Å². The predicted molar refractivity (Wildman–Crippen MR) is 90.6 cm³/mol. The van der Waals surface area contributed by atoms with Crippen molar-refractivity contribution in [1.82, 2.24) is 0 Å². The molecule has 1 atom stereocenters. The average Bonchev–Trinajstić information content (AvgIpc) is 2.41. The zero-order valence-corrected chi connectivity index (χ0v) is 13.8. The van der Waals surface area contributed by atoms with Gasteiger partial charge in [-0.2, -0.15) is 0 Å². The Kier molecular flexibility index (Phi) is 5.25. The van der Waals surface area contributed by atoms with Gasteiger partial charge in [0.05, 0.1) is 6.04 Å². The molecule has 0 aliphatic carbocycles. The van der Waals surface area contributed by atoms with Gasteiger partial charge in [0.1, 0.15) is 0 Å². The minimum Gasteiger partial charge on any atom is -0.320 e. The van der Waals surface area contributed by atoms with Crippen molar-refractivity contribution in [3.8, 4) is 0 Å². The number of hydrogen-bond acceptors (Lipinski definition) is 1. The monoisotopic (exact) mass is 385 g/mol. The summed E-state index contributed by atoms with van der Waals surface area (Å²) >= 11 is 8.38. The molecule has 1 unspecified atom stereocenters. The van der Waals surface area contributed by atoms with Crippen LogP contribution in [-0.4, -0.2) is 0 Å². The van der Waals surface area contributed by atoms with E-state index >= 15 is 0 Å². The number of rotatable bonds is 4. The summed E-state index contributed by atoms with van der Waals surface area (Å²) in [5, 5.41) is 0.732. The molecule has 0 saturated carbocycles. The molecule has 2 aromatic rings. The smallest absolute Gasteiger partial charge is 0.0562 e. The fraction of sp³-hybridized carbons (Fsp3) is 0.250. The van der Waals surface area contributed by atoms with E-state index in [4.69, 9.17) is 17.3 Å². The van der Waals surface area contributed by atoms with Crippen LogP contribution in [-0.2, 0) is 6.42 Å². The third kappa shape index (κ3) is 3.71. The second kappa shape index (κ2) is 6.73. The first-order valence-electron chi connectivity index (χ1n) is 6.41. The lowest BCUT2D eigenvalue weighted by Gasteiger charge is -2.16. The Hall–Kier alpha value is -0.580. The molecule has 0 spiro atoms. The maximum absolute atomic E-state index is 6.39. The van der Waals surface area contributed by atoms with Crippen LogP contribution < -0.4 is 5.73 Å². The largest absolute Gasteiger partial charge is 0.320 e. The molecule has 100 valence electrons. The molecular weight excluding hydrogens is 369 g/mol. The molecule has 0 radical (unpaired) electrons. The van der Waals surface area contributed by atoms with Crippen LogP contribution in [0.4, 0.5) is 0 Å². The molecule has 0 heterocycles. The van der Waals surface area contributed by atoms with E-state index in [9.17, 15) is 0 Å². The number of benzene rings is 2. The van der Waals surface area contributed by atoms with E-state index in [1.807, 2.05) is 18.2 Å². The van der Waals surface area contributed by atoms with E-state index < -0.39 is 0 Å². The van der Waals surface area contributed by atoms with Crippen LogP contribution in [0.25, 0.3) is 0 Å². The molecule has 0 fully saturated rings. The van der Waals surface area contributed by atoms with Crippen LogP contribution in [0.1, 0.15) is 36.1 Å². The molecule has 19 heavy (non-hydrogen) atoms. The summed E-state index contributed by atoms with van der Waals surface area (Å²) in [6, 6.07) is 14.3. The Labute approximate surface area is 133 Å². The van der Waals surface area contributed by atoms with E-state index in [2.05, 4.69) is 53.8 Å². The molecule has 0 aliphatic heterocycles. The first-order chi connectivity index (χ1) is 9.11. The summed E-state index contributed by atoms with van der Waals surface area (Å²) < 4.78 is 1.15. The van der Waals surface area contributed by atoms with Crippen molar-refractivity contribution in [1.29, 1.82) is 0 Å². The minimum atomic E-state index is -0.123. The van der Waals surface area contributed by atoms with Gasteiger partial charge in [0.2, 0.25) is 0 Å². The fourth-order valence-electron chi connectivity index (χ4n) is 2.16. The number of nitrogens with two attached hydrogens (primary N) is 1. The zero-order valence-electron chi connectivity index (χ0n) is 10.9. The second-order valence-corrected chi connectivity index (χ2v) is 6.24. The van der Waals surface area contributed by atoms with Crippen molar-refractivity contribution in [3.63, 3.8) is 0 Å². The highest BCUT2D eigenvalue weighted by atomic mass is 127. The molecule has 2 aromatic carbocycles. The molecule has 0 aliphatic rings. The van der Waals surface area contributed by atoms with Crippen molar-refractivity contribution in [3.05, 3.63) is 67.7 Å². The SMILES string of the molecule is CCCc1cccc(C(N)c2cc(Cl)ccc2I)c1. The van der Waals surface area contributed by atoms with E-state index in [-0.39, 0.29) is 6.04 Å². The van der Waals surface area contributed by atoms with Gasteiger partial charge in [0.25, 0.3) is 0 Å². The number of halogens is 2. The standard InChI is InChI=1S/C16H17ClIN/c1-2-4-11-5-3-6-12(9-11)16(19)14-10-13(17)7-8-15(14)18/h3,5-10,16H,2,4,19H2,1H3. The van der Waals surface area contributed by atoms with Gasteiger partial charge >= 0.3 is 0 Å². The summed E-state index contributed by atoms with van der Waals surface area (Å²) in [4.78, 5) is 0. The van der Waals surface area contributed by atoms with Crippen molar-refractivity contribution in [2.45, 2.75) is 25.8 Å². The van der Waals surface area contributed by atoms with Crippen LogP contribution in [0, 0.1) is 3.57 Å². The summed E-state index contributed by atoms with van der Waals surface area (Å²) in [6.07, 6.45) is 2.24. The normalized spacial score (nSPS) is 12.4. The third-order valence-electron chi connectivity index (χ3n) is 3.14.